The third-order valence-electron chi connectivity index (χ3n) is 4.47. The van der Waals surface area contributed by atoms with Gasteiger partial charge in [-0.2, -0.15) is 0 Å². The van der Waals surface area contributed by atoms with Crippen molar-refractivity contribution in [2.75, 3.05) is 13.2 Å². The van der Waals surface area contributed by atoms with E-state index >= 15 is 0 Å². The van der Waals surface area contributed by atoms with Gasteiger partial charge < -0.3 is 9.47 Å². The van der Waals surface area contributed by atoms with Gasteiger partial charge in [-0.1, -0.05) is 75.8 Å². The Labute approximate surface area is 158 Å². The van der Waals surface area contributed by atoms with Crippen LogP contribution in [-0.4, -0.2) is 25.2 Å². The van der Waals surface area contributed by atoms with Gasteiger partial charge in [0.1, 0.15) is 0 Å². The van der Waals surface area contributed by atoms with Gasteiger partial charge in [-0.25, -0.2) is 0 Å². The minimum atomic E-state index is -1.27. The van der Waals surface area contributed by atoms with Crippen LogP contribution in [0.25, 0.3) is 0 Å². The van der Waals surface area contributed by atoms with Gasteiger partial charge in [-0.15, -0.1) is 0 Å². The number of hydrogen-bond donors (Lipinski definition) is 0. The van der Waals surface area contributed by atoms with Crippen molar-refractivity contribution in [2.24, 2.45) is 5.41 Å². The average molecular weight is 363 g/mol. The Morgan fingerprint density at radius 2 is 1.35 bits per heavy atom. The minimum Gasteiger partial charge on any atom is -0.465 e. The van der Waals surface area contributed by atoms with Gasteiger partial charge in [-0.05, 0) is 25.8 Å². The van der Waals surface area contributed by atoms with Gasteiger partial charge in [0.15, 0.2) is 5.41 Å². The van der Waals surface area contributed by atoms with Crippen molar-refractivity contribution in [3.63, 3.8) is 0 Å². The van der Waals surface area contributed by atoms with Crippen LogP contribution in [0.3, 0.4) is 0 Å². The Morgan fingerprint density at radius 3 is 1.96 bits per heavy atom. The second-order valence-electron chi connectivity index (χ2n) is 7.25. The molecule has 0 heterocycles. The van der Waals surface area contributed by atoms with Crippen molar-refractivity contribution in [3.8, 4) is 0 Å². The molecule has 0 saturated heterocycles. The second-order valence-corrected chi connectivity index (χ2v) is 7.25. The maximum atomic E-state index is 12.2. The monoisotopic (exact) mass is 362 g/mol. The number of carbonyl (C=O) groups is 2. The zero-order valence-electron chi connectivity index (χ0n) is 16.6. The molecule has 0 aliphatic rings. The Hall–Kier alpha value is -1.84. The first-order valence-corrected chi connectivity index (χ1v) is 9.87. The highest BCUT2D eigenvalue weighted by Gasteiger charge is 2.39. The molecule has 0 unspecified atom stereocenters. The molecule has 0 radical (unpaired) electrons. The summed E-state index contributed by atoms with van der Waals surface area (Å²) < 4.78 is 10.6. The Kier molecular flexibility index (Phi) is 10.7. The standard InChI is InChI=1S/C22H34O4/c1-4-5-6-7-8-9-13-17-25-20(23)22(2,3)21(24)26-18-16-19-14-11-10-12-15-19/h10-12,14-15H,4-9,13,16-18H2,1-3H3. The van der Waals surface area contributed by atoms with Crippen molar-refractivity contribution in [3.05, 3.63) is 35.9 Å². The molecular formula is C22H34O4. The van der Waals surface area contributed by atoms with Crippen LogP contribution in [0, 0.1) is 5.41 Å². The van der Waals surface area contributed by atoms with Crippen molar-refractivity contribution in [1.29, 1.82) is 0 Å². The van der Waals surface area contributed by atoms with Gasteiger partial charge in [0, 0.05) is 6.42 Å². The highest BCUT2D eigenvalue weighted by Crippen LogP contribution is 2.20. The summed E-state index contributed by atoms with van der Waals surface area (Å²) in [5.41, 5.74) is -0.169. The maximum absolute atomic E-state index is 12.2. The largest absolute Gasteiger partial charge is 0.465 e. The quantitative estimate of drug-likeness (QED) is 0.278. The SMILES string of the molecule is CCCCCCCCCOC(=O)C(C)(C)C(=O)OCCc1ccccc1. The van der Waals surface area contributed by atoms with Crippen LogP contribution < -0.4 is 0 Å². The van der Waals surface area contributed by atoms with Crippen LogP contribution in [0.4, 0.5) is 0 Å². The summed E-state index contributed by atoms with van der Waals surface area (Å²) >= 11 is 0. The molecule has 0 amide bonds. The molecule has 4 nitrogen and oxygen atoms in total. The van der Waals surface area contributed by atoms with Crippen LogP contribution in [0.1, 0.15) is 71.3 Å². The molecule has 0 spiro atoms. The number of hydrogen-bond acceptors (Lipinski definition) is 4. The second kappa shape index (κ2) is 12.5. The molecule has 26 heavy (non-hydrogen) atoms. The molecule has 0 fully saturated rings. The molecule has 0 N–H and O–H groups in total. The predicted molar refractivity (Wildman–Crippen MR) is 104 cm³/mol. The van der Waals surface area contributed by atoms with Gasteiger partial charge in [-0.3, -0.25) is 9.59 Å². The van der Waals surface area contributed by atoms with E-state index in [4.69, 9.17) is 9.47 Å². The van der Waals surface area contributed by atoms with E-state index in [0.717, 1.165) is 18.4 Å². The summed E-state index contributed by atoms with van der Waals surface area (Å²) in [6.45, 7) is 5.95. The lowest BCUT2D eigenvalue weighted by Crippen LogP contribution is -2.37. The van der Waals surface area contributed by atoms with E-state index in [1.54, 1.807) is 13.8 Å². The first-order chi connectivity index (χ1) is 12.5. The zero-order chi connectivity index (χ0) is 19.3. The van der Waals surface area contributed by atoms with Crippen molar-refractivity contribution >= 4 is 11.9 Å². The molecule has 1 aromatic rings. The smallest absolute Gasteiger partial charge is 0.322 e. The molecule has 1 rings (SSSR count). The van der Waals surface area contributed by atoms with E-state index < -0.39 is 17.4 Å². The van der Waals surface area contributed by atoms with E-state index in [0.29, 0.717) is 13.0 Å². The first-order valence-electron chi connectivity index (χ1n) is 9.87. The van der Waals surface area contributed by atoms with E-state index in [-0.39, 0.29) is 6.61 Å². The van der Waals surface area contributed by atoms with Gasteiger partial charge in [0.2, 0.25) is 0 Å². The maximum Gasteiger partial charge on any atom is 0.322 e. The zero-order valence-corrected chi connectivity index (χ0v) is 16.6. The van der Waals surface area contributed by atoms with E-state index in [1.807, 2.05) is 30.3 Å². The molecule has 0 atom stereocenters. The number of rotatable bonds is 13. The van der Waals surface area contributed by atoms with Crippen LogP contribution in [-0.2, 0) is 25.5 Å². The lowest BCUT2D eigenvalue weighted by Gasteiger charge is -2.20. The molecule has 0 bridgehead atoms. The molecule has 146 valence electrons. The minimum absolute atomic E-state index is 0.261. The van der Waals surface area contributed by atoms with Gasteiger partial charge in [0.25, 0.3) is 0 Å². The summed E-state index contributed by atoms with van der Waals surface area (Å²) in [6, 6.07) is 9.80. The summed E-state index contributed by atoms with van der Waals surface area (Å²) in [6.07, 6.45) is 8.75. The molecule has 1 aromatic carbocycles. The third kappa shape index (κ3) is 8.50. The summed E-state index contributed by atoms with van der Waals surface area (Å²) in [5.74, 6) is -1.04. The number of benzene rings is 1. The highest BCUT2D eigenvalue weighted by molar-refractivity contribution is 5.99. The summed E-state index contributed by atoms with van der Waals surface area (Å²) in [4.78, 5) is 24.4. The van der Waals surface area contributed by atoms with Crippen LogP contribution >= 0.6 is 0 Å². The molecule has 0 aromatic heterocycles. The Bertz CT molecular complexity index is 522. The lowest BCUT2D eigenvalue weighted by atomic mass is 9.94. The summed E-state index contributed by atoms with van der Waals surface area (Å²) in [7, 11) is 0. The normalized spacial score (nSPS) is 11.2. The number of esters is 2. The van der Waals surface area contributed by atoms with Gasteiger partial charge in [0.05, 0.1) is 13.2 Å². The topological polar surface area (TPSA) is 52.6 Å². The van der Waals surface area contributed by atoms with Crippen molar-refractivity contribution < 1.29 is 19.1 Å². The molecule has 0 aliphatic heterocycles. The predicted octanol–water partition coefficient (Wildman–Crippen LogP) is 5.09. The fourth-order valence-corrected chi connectivity index (χ4v) is 2.57. The molecular weight excluding hydrogens is 328 g/mol. The van der Waals surface area contributed by atoms with Crippen molar-refractivity contribution in [1.82, 2.24) is 0 Å². The fraction of sp³-hybridized carbons (Fsp3) is 0.636. The first kappa shape index (κ1) is 22.2. The van der Waals surface area contributed by atoms with Crippen molar-refractivity contribution in [2.45, 2.75) is 72.1 Å². The van der Waals surface area contributed by atoms with Gasteiger partial charge >= 0.3 is 11.9 Å². The van der Waals surface area contributed by atoms with Crippen LogP contribution in [0.15, 0.2) is 30.3 Å². The third-order valence-corrected chi connectivity index (χ3v) is 4.47. The van der Waals surface area contributed by atoms with Crippen LogP contribution in [0.5, 0.6) is 0 Å². The molecule has 0 saturated carbocycles. The number of carbonyl (C=O) groups excluding carboxylic acids is 2. The lowest BCUT2D eigenvalue weighted by molar-refractivity contribution is -0.169. The van der Waals surface area contributed by atoms with E-state index in [2.05, 4.69) is 6.92 Å². The summed E-state index contributed by atoms with van der Waals surface area (Å²) in [5, 5.41) is 0. The van der Waals surface area contributed by atoms with E-state index in [9.17, 15) is 9.59 Å². The Balaban J connectivity index is 2.20. The number of ether oxygens (including phenoxy) is 2. The van der Waals surface area contributed by atoms with E-state index in [1.165, 1.54) is 32.1 Å². The molecule has 4 heteroatoms. The Morgan fingerprint density at radius 1 is 0.808 bits per heavy atom. The fourth-order valence-electron chi connectivity index (χ4n) is 2.57. The van der Waals surface area contributed by atoms with Crippen LogP contribution in [0.2, 0.25) is 0 Å². The molecule has 0 aliphatic carbocycles. The number of unbranched alkanes of at least 4 members (excludes halogenated alkanes) is 6. The highest BCUT2D eigenvalue weighted by atomic mass is 16.6. The average Bonchev–Trinajstić information content (AvgIpc) is 2.64.